The van der Waals surface area contributed by atoms with E-state index in [1.807, 2.05) is 10.9 Å². The second kappa shape index (κ2) is 5.65. The van der Waals surface area contributed by atoms with Gasteiger partial charge in [0, 0.05) is 30.4 Å². The molecule has 1 atom stereocenters. The third kappa shape index (κ3) is 4.13. The molecule has 4 nitrogen and oxygen atoms in total. The maximum Gasteiger partial charge on any atom is 0.0589 e. The highest BCUT2D eigenvalue weighted by Gasteiger charge is 2.23. The fourth-order valence-electron chi connectivity index (χ4n) is 1.64. The molecule has 4 heteroatoms. The molecule has 2 N–H and O–H groups in total. The number of hydrogen-bond donors (Lipinski definition) is 2. The van der Waals surface area contributed by atoms with Crippen LogP contribution in [0.25, 0.3) is 0 Å². The summed E-state index contributed by atoms with van der Waals surface area (Å²) in [6.45, 7) is 11.5. The summed E-state index contributed by atoms with van der Waals surface area (Å²) in [5.74, 6) is 0. The Morgan fingerprint density at radius 1 is 1.41 bits per heavy atom. The van der Waals surface area contributed by atoms with Crippen LogP contribution >= 0.6 is 0 Å². The molecule has 0 aliphatic heterocycles. The van der Waals surface area contributed by atoms with E-state index in [1.54, 1.807) is 0 Å². The topological polar surface area (TPSA) is 50.1 Å². The van der Waals surface area contributed by atoms with Gasteiger partial charge in [0.25, 0.3) is 0 Å². The summed E-state index contributed by atoms with van der Waals surface area (Å²) in [7, 11) is 0. The molecule has 0 aliphatic rings. The summed E-state index contributed by atoms with van der Waals surface area (Å²) in [5, 5.41) is 17.0. The van der Waals surface area contributed by atoms with E-state index >= 15 is 0 Å². The lowest BCUT2D eigenvalue weighted by Crippen LogP contribution is -2.42. The van der Waals surface area contributed by atoms with E-state index in [9.17, 15) is 5.11 Å². The van der Waals surface area contributed by atoms with Gasteiger partial charge < -0.3 is 10.4 Å². The summed E-state index contributed by atoms with van der Waals surface area (Å²) in [6.07, 6.45) is 3.93. The molecule has 0 radical (unpaired) electrons. The molecule has 0 aromatic carbocycles. The van der Waals surface area contributed by atoms with E-state index in [1.165, 1.54) is 0 Å². The van der Waals surface area contributed by atoms with Gasteiger partial charge in [-0.1, -0.05) is 20.8 Å². The van der Waals surface area contributed by atoms with Crippen molar-refractivity contribution in [1.29, 1.82) is 0 Å². The van der Waals surface area contributed by atoms with Gasteiger partial charge in [0.1, 0.15) is 0 Å². The van der Waals surface area contributed by atoms with Crippen molar-refractivity contribution in [3.8, 4) is 0 Å². The SMILES string of the molecule is CC(C)n1cc(CN[C@H](CO)C(C)(C)C)cn1. The molecule has 0 bridgehead atoms. The van der Waals surface area contributed by atoms with Crippen LogP contribution in [0.4, 0.5) is 0 Å². The zero-order valence-corrected chi connectivity index (χ0v) is 11.6. The van der Waals surface area contributed by atoms with E-state index in [4.69, 9.17) is 0 Å². The minimum absolute atomic E-state index is 0.0583. The quantitative estimate of drug-likeness (QED) is 0.826. The van der Waals surface area contributed by atoms with Crippen molar-refractivity contribution in [2.45, 2.75) is 53.2 Å². The van der Waals surface area contributed by atoms with E-state index in [0.29, 0.717) is 6.04 Å². The van der Waals surface area contributed by atoms with Gasteiger partial charge in [-0.15, -0.1) is 0 Å². The predicted octanol–water partition coefficient (Wildman–Crippen LogP) is 1.96. The highest BCUT2D eigenvalue weighted by molar-refractivity contribution is 5.04. The zero-order chi connectivity index (χ0) is 13.1. The van der Waals surface area contributed by atoms with Gasteiger partial charge in [-0.25, -0.2) is 0 Å². The van der Waals surface area contributed by atoms with Crippen molar-refractivity contribution in [3.05, 3.63) is 18.0 Å². The number of aliphatic hydroxyl groups excluding tert-OH is 1. The fourth-order valence-corrected chi connectivity index (χ4v) is 1.64. The van der Waals surface area contributed by atoms with Crippen LogP contribution in [0.15, 0.2) is 12.4 Å². The third-order valence-corrected chi connectivity index (χ3v) is 2.96. The molecular weight excluding hydrogens is 214 g/mol. The highest BCUT2D eigenvalue weighted by atomic mass is 16.3. The van der Waals surface area contributed by atoms with Gasteiger partial charge in [-0.2, -0.15) is 5.10 Å². The molecule has 17 heavy (non-hydrogen) atoms. The maximum absolute atomic E-state index is 9.35. The van der Waals surface area contributed by atoms with Crippen LogP contribution in [-0.4, -0.2) is 27.5 Å². The predicted molar refractivity (Wildman–Crippen MR) is 69.8 cm³/mol. The Kier molecular flexibility index (Phi) is 4.71. The Morgan fingerprint density at radius 3 is 2.47 bits per heavy atom. The Bertz CT molecular complexity index is 339. The number of nitrogens with one attached hydrogen (secondary N) is 1. The van der Waals surface area contributed by atoms with E-state index in [2.05, 4.69) is 51.2 Å². The molecule has 0 fully saturated rings. The van der Waals surface area contributed by atoms with Gasteiger partial charge in [0.15, 0.2) is 0 Å². The molecule has 1 aromatic heterocycles. The van der Waals surface area contributed by atoms with Gasteiger partial charge in [-0.3, -0.25) is 4.68 Å². The smallest absolute Gasteiger partial charge is 0.0589 e. The Balaban J connectivity index is 2.54. The maximum atomic E-state index is 9.35. The minimum Gasteiger partial charge on any atom is -0.395 e. The monoisotopic (exact) mass is 239 g/mol. The molecule has 1 heterocycles. The molecule has 1 rings (SSSR count). The molecule has 98 valence electrons. The lowest BCUT2D eigenvalue weighted by molar-refractivity contribution is 0.158. The first-order valence-electron chi connectivity index (χ1n) is 6.22. The summed E-state index contributed by atoms with van der Waals surface area (Å²) in [5.41, 5.74) is 1.21. The molecule has 0 aliphatic carbocycles. The van der Waals surface area contributed by atoms with Crippen molar-refractivity contribution in [2.24, 2.45) is 5.41 Å². The first-order chi connectivity index (χ1) is 7.84. The molecule has 0 spiro atoms. The summed E-state index contributed by atoms with van der Waals surface area (Å²) in [4.78, 5) is 0. The van der Waals surface area contributed by atoms with Crippen LogP contribution in [0.3, 0.4) is 0 Å². The molecule has 0 saturated carbocycles. The number of rotatable bonds is 5. The largest absolute Gasteiger partial charge is 0.395 e. The Hall–Kier alpha value is -0.870. The van der Waals surface area contributed by atoms with Crippen molar-refractivity contribution >= 4 is 0 Å². The van der Waals surface area contributed by atoms with Gasteiger partial charge in [-0.05, 0) is 19.3 Å². The first-order valence-corrected chi connectivity index (χ1v) is 6.22. The summed E-state index contributed by atoms with van der Waals surface area (Å²) in [6, 6.07) is 0.491. The molecule has 0 unspecified atom stereocenters. The summed E-state index contributed by atoms with van der Waals surface area (Å²) >= 11 is 0. The minimum atomic E-state index is 0.0583. The van der Waals surface area contributed by atoms with Crippen molar-refractivity contribution in [2.75, 3.05) is 6.61 Å². The first kappa shape index (κ1) is 14.2. The van der Waals surface area contributed by atoms with E-state index < -0.39 is 0 Å². The van der Waals surface area contributed by atoms with Crippen LogP contribution in [-0.2, 0) is 6.54 Å². The van der Waals surface area contributed by atoms with Gasteiger partial charge in [0.2, 0.25) is 0 Å². The van der Waals surface area contributed by atoms with E-state index in [0.717, 1.165) is 12.1 Å². The summed E-state index contributed by atoms with van der Waals surface area (Å²) < 4.78 is 1.95. The number of aliphatic hydroxyl groups is 1. The van der Waals surface area contributed by atoms with Crippen LogP contribution in [0.5, 0.6) is 0 Å². The normalized spacial score (nSPS) is 14.3. The highest BCUT2D eigenvalue weighted by Crippen LogP contribution is 2.19. The standard InChI is InChI=1S/C13H25N3O/c1-10(2)16-8-11(7-15-16)6-14-12(9-17)13(3,4)5/h7-8,10,12,14,17H,6,9H2,1-5H3/t12-/m1/s1. The lowest BCUT2D eigenvalue weighted by atomic mass is 9.87. The van der Waals surface area contributed by atoms with Crippen LogP contribution < -0.4 is 5.32 Å². The van der Waals surface area contributed by atoms with Gasteiger partial charge >= 0.3 is 0 Å². The average Bonchev–Trinajstić information content (AvgIpc) is 2.65. The van der Waals surface area contributed by atoms with Crippen molar-refractivity contribution in [3.63, 3.8) is 0 Å². The molecule has 0 amide bonds. The van der Waals surface area contributed by atoms with Crippen LogP contribution in [0.1, 0.15) is 46.2 Å². The third-order valence-electron chi connectivity index (χ3n) is 2.96. The second-order valence-electron chi connectivity index (χ2n) is 5.90. The number of hydrogen-bond acceptors (Lipinski definition) is 3. The Morgan fingerprint density at radius 2 is 2.06 bits per heavy atom. The van der Waals surface area contributed by atoms with Crippen LogP contribution in [0, 0.1) is 5.41 Å². The zero-order valence-electron chi connectivity index (χ0n) is 11.6. The molecular formula is C13H25N3O. The number of aromatic nitrogens is 2. The van der Waals surface area contributed by atoms with Gasteiger partial charge in [0.05, 0.1) is 12.8 Å². The average molecular weight is 239 g/mol. The van der Waals surface area contributed by atoms with Crippen molar-refractivity contribution < 1.29 is 5.11 Å². The van der Waals surface area contributed by atoms with Crippen LogP contribution in [0.2, 0.25) is 0 Å². The fraction of sp³-hybridized carbons (Fsp3) is 0.769. The molecule has 0 saturated heterocycles. The number of nitrogens with zero attached hydrogens (tertiary/aromatic N) is 2. The lowest BCUT2D eigenvalue weighted by Gasteiger charge is -2.29. The Labute approximate surface area is 104 Å². The van der Waals surface area contributed by atoms with E-state index in [-0.39, 0.29) is 18.1 Å². The second-order valence-corrected chi connectivity index (χ2v) is 5.90. The molecule has 1 aromatic rings. The van der Waals surface area contributed by atoms with Crippen molar-refractivity contribution in [1.82, 2.24) is 15.1 Å².